The third-order valence-electron chi connectivity index (χ3n) is 4.28. The fourth-order valence-corrected chi connectivity index (χ4v) is 3.99. The molecule has 3 heterocycles. The highest BCUT2D eigenvalue weighted by Crippen LogP contribution is 2.26. The maximum absolute atomic E-state index is 12.8. The highest BCUT2D eigenvalue weighted by Gasteiger charge is 2.19. The first-order chi connectivity index (χ1) is 14.0. The lowest BCUT2D eigenvalue weighted by Gasteiger charge is -2.07. The number of thiophene rings is 1. The van der Waals surface area contributed by atoms with Crippen LogP contribution in [0.4, 0.5) is 5.69 Å². The molecule has 0 radical (unpaired) electrons. The molecule has 4 aromatic rings. The summed E-state index contributed by atoms with van der Waals surface area (Å²) in [6.45, 7) is 1.79. The number of anilines is 1. The topological polar surface area (TPSA) is 95.0 Å². The van der Waals surface area contributed by atoms with Crippen molar-refractivity contribution in [3.8, 4) is 16.5 Å². The summed E-state index contributed by atoms with van der Waals surface area (Å²) in [5.74, 6) is 0.148. The minimum absolute atomic E-state index is 0.0468. The number of hydrogen-bond donors (Lipinski definition) is 1. The summed E-state index contributed by atoms with van der Waals surface area (Å²) in [7, 11) is 1.78. The number of nitrogens with one attached hydrogen (secondary N) is 1. The van der Waals surface area contributed by atoms with E-state index in [9.17, 15) is 9.59 Å². The van der Waals surface area contributed by atoms with Gasteiger partial charge in [-0.15, -0.1) is 21.5 Å². The van der Waals surface area contributed by atoms with Crippen LogP contribution in [0.25, 0.3) is 16.5 Å². The molecule has 3 aromatic heterocycles. The average molecular weight is 428 g/mol. The molecule has 4 rings (SSSR count). The van der Waals surface area contributed by atoms with Gasteiger partial charge in [0.05, 0.1) is 22.0 Å². The van der Waals surface area contributed by atoms with Crippen molar-refractivity contribution in [1.29, 1.82) is 0 Å². The van der Waals surface area contributed by atoms with Crippen LogP contribution in [0.3, 0.4) is 0 Å². The Balaban J connectivity index is 1.46. The van der Waals surface area contributed by atoms with E-state index < -0.39 is 0 Å². The molecule has 0 unspecified atom stereocenters. The number of amides is 1. The van der Waals surface area contributed by atoms with Gasteiger partial charge in [-0.05, 0) is 30.5 Å². The molecule has 148 valence electrons. The predicted molar refractivity (Wildman–Crippen MR) is 113 cm³/mol. The summed E-state index contributed by atoms with van der Waals surface area (Å²) in [6, 6.07) is 13.0. The number of nitrogens with zero attached hydrogens (tertiary/aromatic N) is 4. The lowest BCUT2D eigenvalue weighted by atomic mass is 10.3. The lowest BCUT2D eigenvalue weighted by Crippen LogP contribution is -2.23. The second-order valence-corrected chi connectivity index (χ2v) is 8.00. The first-order valence-corrected chi connectivity index (χ1v) is 10.5. The Bertz CT molecular complexity index is 1190. The van der Waals surface area contributed by atoms with Crippen LogP contribution in [0.1, 0.15) is 5.69 Å². The molecule has 0 saturated heterocycles. The van der Waals surface area contributed by atoms with Gasteiger partial charge in [-0.25, -0.2) is 4.68 Å². The summed E-state index contributed by atoms with van der Waals surface area (Å²) in [4.78, 5) is 26.1. The van der Waals surface area contributed by atoms with Crippen LogP contribution in [0.2, 0.25) is 0 Å². The van der Waals surface area contributed by atoms with Crippen molar-refractivity contribution in [3.63, 3.8) is 0 Å². The van der Waals surface area contributed by atoms with E-state index in [0.29, 0.717) is 16.8 Å². The van der Waals surface area contributed by atoms with Gasteiger partial charge in [-0.1, -0.05) is 36.0 Å². The maximum atomic E-state index is 12.8. The van der Waals surface area contributed by atoms with Crippen molar-refractivity contribution in [2.24, 2.45) is 7.05 Å². The Morgan fingerprint density at radius 1 is 1.21 bits per heavy atom. The van der Waals surface area contributed by atoms with E-state index in [1.165, 1.54) is 16.0 Å². The second-order valence-electron chi connectivity index (χ2n) is 6.12. The Morgan fingerprint density at radius 3 is 2.72 bits per heavy atom. The normalized spacial score (nSPS) is 11.0. The van der Waals surface area contributed by atoms with E-state index in [0.717, 1.165) is 22.3 Å². The van der Waals surface area contributed by atoms with E-state index in [1.807, 2.05) is 47.8 Å². The van der Waals surface area contributed by atoms with Crippen LogP contribution in [0.15, 0.2) is 62.3 Å². The van der Waals surface area contributed by atoms with Crippen molar-refractivity contribution in [2.75, 3.05) is 11.1 Å². The largest absolute Gasteiger partial charge is 0.410 e. The van der Waals surface area contributed by atoms with E-state index in [1.54, 1.807) is 18.7 Å². The van der Waals surface area contributed by atoms with Crippen LogP contribution in [-0.4, -0.2) is 31.2 Å². The highest BCUT2D eigenvalue weighted by molar-refractivity contribution is 7.99. The number of thioether (sulfide) groups is 1. The number of hydrogen-bond acceptors (Lipinski definition) is 7. The number of carbonyl (C=O) groups is 1. The molecular formula is C19H17N5O3S2. The minimum atomic E-state index is -0.322. The number of aromatic nitrogens is 4. The Labute approximate surface area is 174 Å². The van der Waals surface area contributed by atoms with Gasteiger partial charge >= 0.3 is 0 Å². The molecule has 0 aliphatic carbocycles. The lowest BCUT2D eigenvalue weighted by molar-refractivity contribution is -0.113. The molecule has 0 saturated carbocycles. The molecular weight excluding hydrogens is 410 g/mol. The monoisotopic (exact) mass is 427 g/mol. The number of carbonyl (C=O) groups excluding carboxylic acids is 1. The molecule has 0 bridgehead atoms. The van der Waals surface area contributed by atoms with E-state index >= 15 is 0 Å². The molecule has 0 aliphatic heterocycles. The highest BCUT2D eigenvalue weighted by atomic mass is 32.2. The molecule has 0 spiro atoms. The van der Waals surface area contributed by atoms with Gasteiger partial charge in [0.25, 0.3) is 16.7 Å². The van der Waals surface area contributed by atoms with Gasteiger partial charge in [0, 0.05) is 7.05 Å². The zero-order valence-corrected chi connectivity index (χ0v) is 17.3. The van der Waals surface area contributed by atoms with Gasteiger partial charge in [0.15, 0.2) is 0 Å². The summed E-state index contributed by atoms with van der Waals surface area (Å²) >= 11 is 2.62. The van der Waals surface area contributed by atoms with Crippen molar-refractivity contribution >= 4 is 34.7 Å². The van der Waals surface area contributed by atoms with Crippen LogP contribution >= 0.6 is 23.1 Å². The Hall–Kier alpha value is -3.11. The number of para-hydroxylation sites is 1. The van der Waals surface area contributed by atoms with Crippen LogP contribution < -0.4 is 10.9 Å². The third kappa shape index (κ3) is 3.89. The third-order valence-corrected chi connectivity index (χ3v) is 5.96. The van der Waals surface area contributed by atoms with Gasteiger partial charge < -0.3 is 9.73 Å². The van der Waals surface area contributed by atoms with Crippen molar-refractivity contribution < 1.29 is 9.21 Å². The SMILES string of the molecule is Cc1c(NC(=O)CSc2nnc(-c3cccs3)o2)c(=O)n(-c2ccccc2)n1C. The van der Waals surface area contributed by atoms with Crippen LogP contribution in [0.5, 0.6) is 0 Å². The zero-order chi connectivity index (χ0) is 20.4. The summed E-state index contributed by atoms with van der Waals surface area (Å²) in [6.07, 6.45) is 0. The standard InChI is InChI=1S/C19H17N5O3S2/c1-12-16(18(26)24(23(12)2)13-7-4-3-5-8-13)20-15(25)11-29-19-22-21-17(27-19)14-9-6-10-28-14/h3-10H,11H2,1-2H3,(H,20,25). The predicted octanol–water partition coefficient (Wildman–Crippen LogP) is 3.33. The molecule has 0 aliphatic rings. The fraction of sp³-hybridized carbons (Fsp3) is 0.158. The fourth-order valence-electron chi connectivity index (χ4n) is 2.78. The smallest absolute Gasteiger partial charge is 0.295 e. The molecule has 1 aromatic carbocycles. The summed E-state index contributed by atoms with van der Waals surface area (Å²) < 4.78 is 8.79. The number of benzene rings is 1. The van der Waals surface area contributed by atoms with E-state index in [4.69, 9.17) is 4.42 Å². The van der Waals surface area contributed by atoms with E-state index in [2.05, 4.69) is 15.5 Å². The molecule has 0 fully saturated rings. The van der Waals surface area contributed by atoms with Crippen molar-refractivity contribution in [2.45, 2.75) is 12.1 Å². The summed E-state index contributed by atoms with van der Waals surface area (Å²) in [5.41, 5.74) is 1.36. The zero-order valence-electron chi connectivity index (χ0n) is 15.7. The maximum Gasteiger partial charge on any atom is 0.295 e. The first-order valence-electron chi connectivity index (χ1n) is 8.68. The molecule has 10 heteroatoms. The molecule has 29 heavy (non-hydrogen) atoms. The van der Waals surface area contributed by atoms with Gasteiger partial charge in [-0.3, -0.25) is 14.3 Å². The van der Waals surface area contributed by atoms with Gasteiger partial charge in [-0.2, -0.15) is 0 Å². The van der Waals surface area contributed by atoms with Crippen LogP contribution in [0, 0.1) is 6.92 Å². The quantitative estimate of drug-likeness (QED) is 0.474. The molecule has 1 amide bonds. The molecule has 0 atom stereocenters. The Kier molecular flexibility index (Phi) is 5.36. The second kappa shape index (κ2) is 8.10. The molecule has 1 N–H and O–H groups in total. The minimum Gasteiger partial charge on any atom is -0.410 e. The van der Waals surface area contributed by atoms with Gasteiger partial charge in [0.1, 0.15) is 5.69 Å². The average Bonchev–Trinajstić information content (AvgIpc) is 3.45. The van der Waals surface area contributed by atoms with Crippen molar-refractivity contribution in [3.05, 3.63) is 63.9 Å². The molecule has 8 nitrogen and oxygen atoms in total. The first kappa shape index (κ1) is 19.2. The van der Waals surface area contributed by atoms with Crippen molar-refractivity contribution in [1.82, 2.24) is 19.6 Å². The Morgan fingerprint density at radius 2 is 2.00 bits per heavy atom. The summed E-state index contributed by atoms with van der Waals surface area (Å²) in [5, 5.41) is 12.9. The number of rotatable bonds is 6. The van der Waals surface area contributed by atoms with Gasteiger partial charge in [0.2, 0.25) is 5.91 Å². The van der Waals surface area contributed by atoms with E-state index in [-0.39, 0.29) is 22.9 Å². The van der Waals surface area contributed by atoms with Crippen LogP contribution in [-0.2, 0) is 11.8 Å².